The summed E-state index contributed by atoms with van der Waals surface area (Å²) in [6.07, 6.45) is 4.07. The fourth-order valence-electron chi connectivity index (χ4n) is 3.88. The summed E-state index contributed by atoms with van der Waals surface area (Å²) in [5, 5.41) is 1.50. The quantitative estimate of drug-likeness (QED) is 0.185. The van der Waals surface area contributed by atoms with Gasteiger partial charge in [-0.3, -0.25) is 4.79 Å². The number of carbonyl (C=O) groups is 1. The van der Waals surface area contributed by atoms with Crippen molar-refractivity contribution in [3.05, 3.63) is 137 Å². The summed E-state index contributed by atoms with van der Waals surface area (Å²) in [4.78, 5) is 13.3. The van der Waals surface area contributed by atoms with Crippen molar-refractivity contribution in [2.45, 2.75) is 12.1 Å². The van der Waals surface area contributed by atoms with Crippen LogP contribution < -0.4 is 10.6 Å². The molecule has 0 aliphatic rings. The largest absolute Gasteiger partial charge is 0.313 e. The van der Waals surface area contributed by atoms with Crippen molar-refractivity contribution in [1.82, 2.24) is 0 Å². The van der Waals surface area contributed by atoms with Crippen molar-refractivity contribution in [2.24, 2.45) is 0 Å². The minimum absolute atomic E-state index is 0.0303. The van der Waals surface area contributed by atoms with Crippen LogP contribution in [0.3, 0.4) is 0 Å². The Hall–Kier alpha value is -3.00. The summed E-state index contributed by atoms with van der Waals surface area (Å²) >= 11 is 3.42. The number of carbonyl (C=O) groups excluding carboxylic acids is 1. The zero-order valence-corrected chi connectivity index (χ0v) is 20.5. The first kappa shape index (κ1) is 23.2. The monoisotopic (exact) mass is 514 g/mol. The molecule has 0 aliphatic heterocycles. The zero-order chi connectivity index (χ0) is 23.1. The van der Waals surface area contributed by atoms with Crippen molar-refractivity contribution >= 4 is 45.5 Å². The summed E-state index contributed by atoms with van der Waals surface area (Å²) in [6.45, 7) is 0. The van der Waals surface area contributed by atoms with Crippen LogP contribution in [0.1, 0.15) is 22.3 Å². The Bertz CT molecular complexity index is 1220. The maximum Gasteiger partial charge on any atom is 0.163 e. The van der Waals surface area contributed by atoms with Crippen LogP contribution in [0, 0.1) is 0 Å². The molecule has 4 heteroatoms. The summed E-state index contributed by atoms with van der Waals surface area (Å²) < 4.78 is 15.9. The molecule has 0 unspecified atom stereocenters. The summed E-state index contributed by atoms with van der Waals surface area (Å²) in [5.74, 6) is -0.0303. The van der Waals surface area contributed by atoms with Crippen LogP contribution in [0.25, 0.3) is 6.08 Å². The zero-order valence-electron chi connectivity index (χ0n) is 18.1. The smallest absolute Gasteiger partial charge is 0.163 e. The van der Waals surface area contributed by atoms with Crippen molar-refractivity contribution < 1.29 is 9.36 Å². The molecule has 2 nitrogen and oxygen atoms in total. The van der Waals surface area contributed by atoms with E-state index in [1.165, 1.54) is 0 Å². The summed E-state index contributed by atoms with van der Waals surface area (Å²) in [5.41, 5.74) is 1.13. The molecule has 0 bridgehead atoms. The second kappa shape index (κ2) is 10.7. The van der Waals surface area contributed by atoms with Gasteiger partial charge in [-0.05, 0) is 17.7 Å². The fraction of sp³-hybridized carbons (Fsp3) is 0.0690. The van der Waals surface area contributed by atoms with Gasteiger partial charge in [-0.1, -0.05) is 131 Å². The van der Waals surface area contributed by atoms with E-state index < -0.39 is 12.8 Å². The first-order valence-electron chi connectivity index (χ1n) is 10.8. The van der Waals surface area contributed by atoms with Gasteiger partial charge in [0.05, 0.1) is 0 Å². The average Bonchev–Trinajstić information content (AvgIpc) is 2.88. The Morgan fingerprint density at radius 2 is 1.21 bits per heavy atom. The number of allylic oxidation sites excluding steroid dienone is 1. The molecular weight excluding hydrogens is 491 g/mol. The Kier molecular flexibility index (Phi) is 7.54. The number of hydrogen-bond acceptors (Lipinski definition) is 2. The van der Waals surface area contributed by atoms with Gasteiger partial charge in [0.2, 0.25) is 0 Å². The highest BCUT2D eigenvalue weighted by Crippen LogP contribution is 2.51. The third kappa shape index (κ3) is 5.50. The highest BCUT2D eigenvalue weighted by atomic mass is 79.9. The highest BCUT2D eigenvalue weighted by molar-refractivity contribution is 9.10. The van der Waals surface area contributed by atoms with Gasteiger partial charge >= 0.3 is 0 Å². The standard InChI is InChI=1S/C29H24BrO2P/c30-25-19-17-24(18-20-25)29(31)22-28(21-16-23-10-4-1-5-11-23)33(32,26-12-6-2-7-13-26)27-14-8-3-9-15-27/h1-21,28H,22H2/b21-16+/t28-/m1/s1. The van der Waals surface area contributed by atoms with Gasteiger partial charge in [0.1, 0.15) is 7.14 Å². The summed E-state index contributed by atoms with van der Waals surface area (Å²) in [6, 6.07) is 36.3. The molecule has 0 amide bonds. The van der Waals surface area contributed by atoms with E-state index in [1.807, 2.05) is 115 Å². The van der Waals surface area contributed by atoms with E-state index in [1.54, 1.807) is 12.1 Å². The molecule has 0 radical (unpaired) electrons. The lowest BCUT2D eigenvalue weighted by atomic mass is 10.1. The summed E-state index contributed by atoms with van der Waals surface area (Å²) in [7, 11) is -3.17. The molecule has 0 fully saturated rings. The van der Waals surface area contributed by atoms with Crippen molar-refractivity contribution in [3.63, 3.8) is 0 Å². The average molecular weight is 515 g/mol. The maximum absolute atomic E-state index is 14.9. The molecule has 164 valence electrons. The fourth-order valence-corrected chi connectivity index (χ4v) is 7.19. The molecule has 0 N–H and O–H groups in total. The van der Waals surface area contributed by atoms with E-state index in [-0.39, 0.29) is 12.2 Å². The first-order chi connectivity index (χ1) is 16.1. The lowest BCUT2D eigenvalue weighted by molar-refractivity contribution is 0.0984. The molecule has 0 saturated carbocycles. The number of rotatable bonds is 8. The van der Waals surface area contributed by atoms with Crippen molar-refractivity contribution in [3.8, 4) is 0 Å². The number of ketones is 1. The SMILES string of the molecule is O=C(C[C@@H](/C=C/c1ccccc1)P(=O)(c1ccccc1)c1ccccc1)c1ccc(Br)cc1. The third-order valence-corrected chi connectivity index (χ3v) is 9.57. The van der Waals surface area contributed by atoms with E-state index >= 15 is 0 Å². The Morgan fingerprint density at radius 1 is 0.727 bits per heavy atom. The Balaban J connectivity index is 1.81. The minimum Gasteiger partial charge on any atom is -0.313 e. The molecule has 0 aromatic heterocycles. The molecule has 1 atom stereocenters. The van der Waals surface area contributed by atoms with Gasteiger partial charge in [0, 0.05) is 32.7 Å². The molecule has 0 heterocycles. The number of halogens is 1. The molecular formula is C29H24BrO2P. The van der Waals surface area contributed by atoms with Crippen LogP contribution in [-0.2, 0) is 4.57 Å². The minimum atomic E-state index is -3.17. The van der Waals surface area contributed by atoms with E-state index in [9.17, 15) is 9.36 Å². The molecule has 4 aromatic rings. The number of Topliss-reactive ketones (excluding diaryl/α,β-unsaturated/α-hetero) is 1. The van der Waals surface area contributed by atoms with Crippen LogP contribution in [0.5, 0.6) is 0 Å². The third-order valence-electron chi connectivity index (χ3n) is 5.62. The molecule has 4 rings (SSSR count). The topological polar surface area (TPSA) is 34.1 Å². The van der Waals surface area contributed by atoms with Gasteiger partial charge in [0.25, 0.3) is 0 Å². The van der Waals surface area contributed by atoms with E-state index in [0.29, 0.717) is 5.56 Å². The van der Waals surface area contributed by atoms with Gasteiger partial charge in [-0.25, -0.2) is 0 Å². The van der Waals surface area contributed by atoms with Gasteiger partial charge in [0.15, 0.2) is 5.78 Å². The van der Waals surface area contributed by atoms with Gasteiger partial charge in [-0.15, -0.1) is 0 Å². The maximum atomic E-state index is 14.9. The van der Waals surface area contributed by atoms with Crippen LogP contribution in [0.2, 0.25) is 0 Å². The molecule has 4 aromatic carbocycles. The molecule has 33 heavy (non-hydrogen) atoms. The molecule has 0 spiro atoms. The lowest BCUT2D eigenvalue weighted by Crippen LogP contribution is -2.26. The predicted octanol–water partition coefficient (Wildman–Crippen LogP) is 7.12. The highest BCUT2D eigenvalue weighted by Gasteiger charge is 2.36. The number of benzene rings is 4. The van der Waals surface area contributed by atoms with E-state index in [0.717, 1.165) is 20.6 Å². The normalized spacial score (nSPS) is 12.5. The van der Waals surface area contributed by atoms with Gasteiger partial charge < -0.3 is 4.57 Å². The van der Waals surface area contributed by atoms with Crippen LogP contribution in [-0.4, -0.2) is 11.4 Å². The Morgan fingerprint density at radius 3 is 1.73 bits per heavy atom. The second-order valence-corrected chi connectivity index (χ2v) is 11.7. The lowest BCUT2D eigenvalue weighted by Gasteiger charge is -2.26. The van der Waals surface area contributed by atoms with Crippen LogP contribution >= 0.6 is 23.1 Å². The first-order valence-corrected chi connectivity index (χ1v) is 13.4. The van der Waals surface area contributed by atoms with Crippen LogP contribution in [0.4, 0.5) is 0 Å². The van der Waals surface area contributed by atoms with Crippen molar-refractivity contribution in [2.75, 3.05) is 0 Å². The van der Waals surface area contributed by atoms with Gasteiger partial charge in [-0.2, -0.15) is 0 Å². The molecule has 0 aliphatic carbocycles. The predicted molar refractivity (Wildman–Crippen MR) is 142 cm³/mol. The second-order valence-electron chi connectivity index (χ2n) is 7.80. The Labute approximate surface area is 203 Å². The van der Waals surface area contributed by atoms with E-state index in [2.05, 4.69) is 15.9 Å². The van der Waals surface area contributed by atoms with Crippen molar-refractivity contribution in [1.29, 1.82) is 0 Å². The number of hydrogen-bond donors (Lipinski definition) is 0. The van der Waals surface area contributed by atoms with E-state index in [4.69, 9.17) is 0 Å². The van der Waals surface area contributed by atoms with Crippen LogP contribution in [0.15, 0.2) is 126 Å². The molecule has 0 saturated heterocycles.